The van der Waals surface area contributed by atoms with E-state index in [1.807, 2.05) is 0 Å². The summed E-state index contributed by atoms with van der Waals surface area (Å²) in [5, 5.41) is 34.7. The van der Waals surface area contributed by atoms with Crippen molar-refractivity contribution in [1.29, 1.82) is 0 Å². The van der Waals surface area contributed by atoms with E-state index in [1.165, 1.54) is 0 Å². The average Bonchev–Trinajstić information content (AvgIpc) is 1.85. The number of hydrogen-bond acceptors (Lipinski definition) is 5. The molecule has 4 N–H and O–H groups in total. The van der Waals surface area contributed by atoms with Gasteiger partial charge in [0, 0.05) is 12.1 Å². The van der Waals surface area contributed by atoms with Gasteiger partial charge in [0.15, 0.2) is 6.29 Å². The van der Waals surface area contributed by atoms with E-state index in [4.69, 9.17) is 20.4 Å². The van der Waals surface area contributed by atoms with Gasteiger partial charge in [-0.1, -0.05) is 0 Å². The predicted molar refractivity (Wildman–Crippen MR) is 34.7 cm³/mol. The van der Waals surface area contributed by atoms with Crippen LogP contribution in [0, 0.1) is 0 Å². The lowest BCUT2D eigenvalue weighted by Crippen LogP contribution is -1.97. The first-order chi connectivity index (χ1) is 5.09. The first kappa shape index (κ1) is 7.77. The molecule has 0 spiro atoms. The van der Waals surface area contributed by atoms with Crippen molar-refractivity contribution < 1.29 is 20.4 Å². The molecular weight excluding hydrogens is 150 g/mol. The van der Waals surface area contributed by atoms with Crippen LogP contribution in [0.15, 0.2) is 12.1 Å². The molecule has 0 amide bonds. The number of aliphatic hydroxyl groups excluding tert-OH is 1. The molecular formula is C6H7NO4. The average molecular weight is 157 g/mol. The molecule has 0 aromatic carbocycles. The third-order valence-electron chi connectivity index (χ3n) is 1.08. The minimum Gasteiger partial charge on any atom is -0.508 e. The summed E-state index contributed by atoms with van der Waals surface area (Å²) >= 11 is 0. The first-order valence-corrected chi connectivity index (χ1v) is 2.85. The molecule has 5 heteroatoms. The van der Waals surface area contributed by atoms with Crippen molar-refractivity contribution in [3.8, 4) is 11.6 Å². The number of aromatic nitrogens is 1. The fourth-order valence-electron chi connectivity index (χ4n) is 0.655. The Kier molecular flexibility index (Phi) is 1.93. The van der Waals surface area contributed by atoms with E-state index in [2.05, 4.69) is 4.98 Å². The molecule has 0 atom stereocenters. The van der Waals surface area contributed by atoms with Crippen LogP contribution >= 0.6 is 0 Å². The van der Waals surface area contributed by atoms with Crippen LogP contribution in [0.25, 0.3) is 0 Å². The highest BCUT2D eigenvalue weighted by atomic mass is 16.5. The van der Waals surface area contributed by atoms with E-state index in [1.54, 1.807) is 0 Å². The van der Waals surface area contributed by atoms with Crippen molar-refractivity contribution in [2.24, 2.45) is 0 Å². The normalized spacial score (nSPS) is 10.5. The van der Waals surface area contributed by atoms with E-state index in [9.17, 15) is 0 Å². The molecule has 0 aliphatic heterocycles. The lowest BCUT2D eigenvalue weighted by Gasteiger charge is -2.02. The number of pyridine rings is 1. The van der Waals surface area contributed by atoms with Gasteiger partial charge in [-0.25, -0.2) is 4.98 Å². The molecule has 1 aromatic rings. The molecule has 0 saturated carbocycles. The molecule has 0 radical (unpaired) electrons. The van der Waals surface area contributed by atoms with E-state index < -0.39 is 12.2 Å². The molecule has 60 valence electrons. The van der Waals surface area contributed by atoms with Crippen molar-refractivity contribution in [3.05, 3.63) is 17.8 Å². The van der Waals surface area contributed by atoms with Gasteiger partial charge in [0.25, 0.3) is 0 Å². The molecule has 0 aliphatic carbocycles. The Hall–Kier alpha value is -1.33. The molecule has 5 nitrogen and oxygen atoms in total. The highest BCUT2D eigenvalue weighted by Gasteiger charge is 2.06. The minimum atomic E-state index is -1.78. The van der Waals surface area contributed by atoms with Crippen LogP contribution in [0.1, 0.15) is 12.0 Å². The van der Waals surface area contributed by atoms with Crippen molar-refractivity contribution in [2.75, 3.05) is 0 Å². The second-order valence-electron chi connectivity index (χ2n) is 1.98. The summed E-state index contributed by atoms with van der Waals surface area (Å²) in [5.74, 6) is -0.714. The molecule has 0 aliphatic rings. The SMILES string of the molecule is Oc1cc(O)nc(C(O)O)c1. The zero-order chi connectivity index (χ0) is 8.43. The molecule has 0 unspecified atom stereocenters. The zero-order valence-electron chi connectivity index (χ0n) is 5.47. The Balaban J connectivity index is 3.08. The second kappa shape index (κ2) is 2.73. The fraction of sp³-hybridized carbons (Fsp3) is 0.167. The van der Waals surface area contributed by atoms with Gasteiger partial charge in [-0.15, -0.1) is 0 Å². The Morgan fingerprint density at radius 3 is 2.27 bits per heavy atom. The van der Waals surface area contributed by atoms with Gasteiger partial charge in [0.1, 0.15) is 11.4 Å². The Labute approximate surface area is 62.2 Å². The number of aromatic hydroxyl groups is 2. The first-order valence-electron chi connectivity index (χ1n) is 2.85. The summed E-state index contributed by atoms with van der Waals surface area (Å²) < 4.78 is 0. The van der Waals surface area contributed by atoms with Gasteiger partial charge in [-0.05, 0) is 0 Å². The van der Waals surface area contributed by atoms with Crippen molar-refractivity contribution in [2.45, 2.75) is 6.29 Å². The summed E-state index contributed by atoms with van der Waals surface area (Å²) in [6.07, 6.45) is -1.78. The van der Waals surface area contributed by atoms with Gasteiger partial charge < -0.3 is 20.4 Å². The van der Waals surface area contributed by atoms with Gasteiger partial charge in [-0.3, -0.25) is 0 Å². The summed E-state index contributed by atoms with van der Waals surface area (Å²) in [7, 11) is 0. The summed E-state index contributed by atoms with van der Waals surface area (Å²) in [5.41, 5.74) is -0.192. The van der Waals surface area contributed by atoms with Gasteiger partial charge in [0.05, 0.1) is 0 Å². The van der Waals surface area contributed by atoms with Crippen molar-refractivity contribution in [3.63, 3.8) is 0 Å². The maximum absolute atomic E-state index is 8.82. The molecule has 1 rings (SSSR count). The largest absolute Gasteiger partial charge is 0.508 e. The van der Waals surface area contributed by atoms with Gasteiger partial charge >= 0.3 is 0 Å². The molecule has 0 bridgehead atoms. The Morgan fingerprint density at radius 2 is 1.82 bits per heavy atom. The second-order valence-corrected chi connectivity index (χ2v) is 1.98. The van der Waals surface area contributed by atoms with E-state index in [-0.39, 0.29) is 11.4 Å². The maximum atomic E-state index is 8.82. The topological polar surface area (TPSA) is 93.8 Å². The van der Waals surface area contributed by atoms with Crippen LogP contribution in [-0.4, -0.2) is 25.4 Å². The predicted octanol–water partition coefficient (Wildman–Crippen LogP) is -0.524. The van der Waals surface area contributed by atoms with Crippen molar-refractivity contribution >= 4 is 0 Å². The fourth-order valence-corrected chi connectivity index (χ4v) is 0.655. The Bertz CT molecular complexity index is 241. The lowest BCUT2D eigenvalue weighted by atomic mass is 10.3. The molecule has 11 heavy (non-hydrogen) atoms. The maximum Gasteiger partial charge on any atom is 0.214 e. The van der Waals surface area contributed by atoms with Crippen LogP contribution in [0.2, 0.25) is 0 Å². The van der Waals surface area contributed by atoms with Crippen LogP contribution < -0.4 is 0 Å². The van der Waals surface area contributed by atoms with Gasteiger partial charge in [0.2, 0.25) is 5.88 Å². The molecule has 0 fully saturated rings. The zero-order valence-corrected chi connectivity index (χ0v) is 5.47. The van der Waals surface area contributed by atoms with Crippen LogP contribution in [-0.2, 0) is 0 Å². The highest BCUT2D eigenvalue weighted by molar-refractivity contribution is 5.28. The van der Waals surface area contributed by atoms with E-state index >= 15 is 0 Å². The molecule has 1 aromatic heterocycles. The summed E-state index contributed by atoms with van der Waals surface area (Å²) in [6.45, 7) is 0. The monoisotopic (exact) mass is 157 g/mol. The standard InChI is InChI=1S/C6H7NO4/c8-3-1-4(6(10)11)7-5(9)2-3/h1-2,6,10-11H,(H2,7,8,9). The third-order valence-corrected chi connectivity index (χ3v) is 1.08. The molecule has 1 heterocycles. The lowest BCUT2D eigenvalue weighted by molar-refractivity contribution is -0.0462. The Morgan fingerprint density at radius 1 is 1.18 bits per heavy atom. The third kappa shape index (κ3) is 1.79. The summed E-state index contributed by atoms with van der Waals surface area (Å²) in [4.78, 5) is 3.33. The number of aliphatic hydroxyl groups is 2. The van der Waals surface area contributed by atoms with Crippen LogP contribution in [0.3, 0.4) is 0 Å². The van der Waals surface area contributed by atoms with Crippen LogP contribution in [0.5, 0.6) is 11.6 Å². The van der Waals surface area contributed by atoms with E-state index in [0.29, 0.717) is 0 Å². The van der Waals surface area contributed by atoms with Crippen LogP contribution in [0.4, 0.5) is 0 Å². The van der Waals surface area contributed by atoms with Gasteiger partial charge in [-0.2, -0.15) is 0 Å². The quantitative estimate of drug-likeness (QED) is 0.411. The summed E-state index contributed by atoms with van der Waals surface area (Å²) in [6, 6.07) is 2.04. The van der Waals surface area contributed by atoms with E-state index in [0.717, 1.165) is 12.1 Å². The molecule has 0 saturated heterocycles. The minimum absolute atomic E-state index is 0.192. The highest BCUT2D eigenvalue weighted by Crippen LogP contribution is 2.19. The number of hydrogen-bond donors (Lipinski definition) is 4. The number of rotatable bonds is 1. The van der Waals surface area contributed by atoms with Crippen molar-refractivity contribution in [1.82, 2.24) is 4.98 Å². The smallest absolute Gasteiger partial charge is 0.214 e. The number of nitrogens with zero attached hydrogens (tertiary/aromatic N) is 1.